The van der Waals surface area contributed by atoms with Crippen LogP contribution in [0.1, 0.15) is 43.5 Å². The van der Waals surface area contributed by atoms with Crippen molar-refractivity contribution >= 4 is 17.9 Å². The van der Waals surface area contributed by atoms with E-state index in [4.69, 9.17) is 9.47 Å². The van der Waals surface area contributed by atoms with Gasteiger partial charge < -0.3 is 14.8 Å². The number of urea groups is 1. The minimum absolute atomic E-state index is 0.307. The third kappa shape index (κ3) is 7.62. The summed E-state index contributed by atoms with van der Waals surface area (Å²) in [7, 11) is 0. The van der Waals surface area contributed by atoms with Gasteiger partial charge in [0.15, 0.2) is 6.61 Å². The zero-order chi connectivity index (χ0) is 17.8. The summed E-state index contributed by atoms with van der Waals surface area (Å²) in [6.45, 7) is 4.35. The molecule has 1 rings (SSSR count). The summed E-state index contributed by atoms with van der Waals surface area (Å²) in [5, 5.41) is 4.45. The highest BCUT2D eigenvalue weighted by Crippen LogP contribution is 2.13. The van der Waals surface area contributed by atoms with E-state index in [1.54, 1.807) is 31.2 Å². The molecule has 0 radical (unpaired) electrons. The van der Waals surface area contributed by atoms with Crippen molar-refractivity contribution in [3.05, 3.63) is 29.8 Å². The number of nitrogens with one attached hydrogen (secondary N) is 2. The lowest BCUT2D eigenvalue weighted by Gasteiger charge is -2.08. The van der Waals surface area contributed by atoms with Crippen molar-refractivity contribution in [1.29, 1.82) is 0 Å². The Morgan fingerprint density at radius 2 is 1.75 bits per heavy atom. The van der Waals surface area contributed by atoms with Gasteiger partial charge in [-0.3, -0.25) is 10.1 Å². The van der Waals surface area contributed by atoms with Crippen molar-refractivity contribution in [2.24, 2.45) is 0 Å². The third-order valence-electron chi connectivity index (χ3n) is 3.03. The largest absolute Gasteiger partial charge is 0.494 e. The first-order valence-corrected chi connectivity index (χ1v) is 8.04. The van der Waals surface area contributed by atoms with Crippen molar-refractivity contribution in [2.45, 2.75) is 33.1 Å². The molecular weight excluding hydrogens is 312 g/mol. The number of carbonyl (C=O) groups excluding carboxylic acids is 3. The first-order chi connectivity index (χ1) is 11.6. The lowest BCUT2D eigenvalue weighted by molar-refractivity contribution is -0.123. The lowest BCUT2D eigenvalue weighted by atomic mass is 10.2. The Balaban J connectivity index is 2.37. The Hall–Kier alpha value is -2.57. The molecule has 0 aliphatic carbocycles. The van der Waals surface area contributed by atoms with Gasteiger partial charge in [0.1, 0.15) is 5.75 Å². The smallest absolute Gasteiger partial charge is 0.338 e. The SMILES string of the molecule is CCCCCOc1ccc(C(=O)OCC(=O)NC(=O)NCC)cc1. The maximum Gasteiger partial charge on any atom is 0.338 e. The molecule has 0 spiro atoms. The van der Waals surface area contributed by atoms with E-state index in [9.17, 15) is 14.4 Å². The monoisotopic (exact) mass is 336 g/mol. The molecule has 7 nitrogen and oxygen atoms in total. The fourth-order valence-corrected chi connectivity index (χ4v) is 1.81. The van der Waals surface area contributed by atoms with E-state index in [2.05, 4.69) is 12.2 Å². The van der Waals surface area contributed by atoms with Gasteiger partial charge in [-0.2, -0.15) is 0 Å². The number of esters is 1. The average Bonchev–Trinajstić information content (AvgIpc) is 2.57. The van der Waals surface area contributed by atoms with Crippen LogP contribution >= 0.6 is 0 Å². The lowest BCUT2D eigenvalue weighted by Crippen LogP contribution is -2.41. The Bertz CT molecular complexity index is 542. The van der Waals surface area contributed by atoms with E-state index in [-0.39, 0.29) is 0 Å². The second-order valence-electron chi connectivity index (χ2n) is 5.06. The summed E-state index contributed by atoms with van der Waals surface area (Å²) in [6.07, 6.45) is 3.23. The number of hydrogen-bond acceptors (Lipinski definition) is 5. The second-order valence-corrected chi connectivity index (χ2v) is 5.06. The maximum absolute atomic E-state index is 11.8. The number of imide groups is 1. The van der Waals surface area contributed by atoms with Crippen LogP contribution in [-0.4, -0.2) is 37.7 Å². The molecule has 24 heavy (non-hydrogen) atoms. The molecule has 3 amide bonds. The quantitative estimate of drug-likeness (QED) is 0.533. The summed E-state index contributed by atoms with van der Waals surface area (Å²) in [6, 6.07) is 5.87. The molecule has 0 heterocycles. The maximum atomic E-state index is 11.8. The highest BCUT2D eigenvalue weighted by molar-refractivity contribution is 5.97. The van der Waals surface area contributed by atoms with Crippen molar-refractivity contribution < 1.29 is 23.9 Å². The van der Waals surface area contributed by atoms with Gasteiger partial charge in [-0.05, 0) is 37.6 Å². The molecule has 0 saturated heterocycles. The number of rotatable bonds is 9. The van der Waals surface area contributed by atoms with E-state index < -0.39 is 24.5 Å². The van der Waals surface area contributed by atoms with Crippen LogP contribution in [0.4, 0.5) is 4.79 Å². The molecule has 0 fully saturated rings. The predicted molar refractivity (Wildman–Crippen MR) is 89.0 cm³/mol. The molecular formula is C17H24N2O5. The number of amides is 3. The topological polar surface area (TPSA) is 93.7 Å². The summed E-state index contributed by atoms with van der Waals surface area (Å²) in [5.74, 6) is -0.652. The van der Waals surface area contributed by atoms with Gasteiger partial charge in [0.2, 0.25) is 0 Å². The normalized spacial score (nSPS) is 9.92. The van der Waals surface area contributed by atoms with Crippen LogP contribution in [0.25, 0.3) is 0 Å². The van der Waals surface area contributed by atoms with Crippen LogP contribution in [-0.2, 0) is 9.53 Å². The van der Waals surface area contributed by atoms with Crippen LogP contribution in [0.15, 0.2) is 24.3 Å². The van der Waals surface area contributed by atoms with Gasteiger partial charge in [0.25, 0.3) is 5.91 Å². The molecule has 0 bridgehead atoms. The van der Waals surface area contributed by atoms with Crippen LogP contribution in [0.5, 0.6) is 5.75 Å². The number of hydrogen-bond donors (Lipinski definition) is 2. The fourth-order valence-electron chi connectivity index (χ4n) is 1.81. The summed E-state index contributed by atoms with van der Waals surface area (Å²) >= 11 is 0. The van der Waals surface area contributed by atoms with Crippen molar-refractivity contribution in [3.63, 3.8) is 0 Å². The van der Waals surface area contributed by atoms with E-state index in [0.717, 1.165) is 19.3 Å². The Kier molecular flexibility index (Phi) is 8.96. The summed E-state index contributed by atoms with van der Waals surface area (Å²) < 4.78 is 10.4. The van der Waals surface area contributed by atoms with E-state index in [1.807, 2.05) is 5.32 Å². The predicted octanol–water partition coefficient (Wildman–Crippen LogP) is 2.26. The molecule has 7 heteroatoms. The van der Waals surface area contributed by atoms with Crippen molar-refractivity contribution in [1.82, 2.24) is 10.6 Å². The number of carbonyl (C=O) groups is 3. The van der Waals surface area contributed by atoms with Gasteiger partial charge in [0, 0.05) is 6.54 Å². The fraction of sp³-hybridized carbons (Fsp3) is 0.471. The van der Waals surface area contributed by atoms with Gasteiger partial charge >= 0.3 is 12.0 Å². The van der Waals surface area contributed by atoms with Gasteiger partial charge in [-0.1, -0.05) is 19.8 Å². The molecule has 2 N–H and O–H groups in total. The Morgan fingerprint density at radius 3 is 2.38 bits per heavy atom. The number of ether oxygens (including phenoxy) is 2. The molecule has 1 aromatic carbocycles. The molecule has 0 unspecified atom stereocenters. The van der Waals surface area contributed by atoms with Crippen LogP contribution < -0.4 is 15.4 Å². The highest BCUT2D eigenvalue weighted by Gasteiger charge is 2.12. The van der Waals surface area contributed by atoms with Crippen molar-refractivity contribution in [3.8, 4) is 5.75 Å². The van der Waals surface area contributed by atoms with Gasteiger partial charge in [-0.25, -0.2) is 9.59 Å². The average molecular weight is 336 g/mol. The minimum Gasteiger partial charge on any atom is -0.494 e. The minimum atomic E-state index is -0.690. The first-order valence-electron chi connectivity index (χ1n) is 8.04. The van der Waals surface area contributed by atoms with Crippen LogP contribution in [0, 0.1) is 0 Å². The molecule has 132 valence electrons. The van der Waals surface area contributed by atoms with Gasteiger partial charge in [0.05, 0.1) is 12.2 Å². The number of benzene rings is 1. The van der Waals surface area contributed by atoms with Crippen LogP contribution in [0.2, 0.25) is 0 Å². The van der Waals surface area contributed by atoms with Gasteiger partial charge in [-0.15, -0.1) is 0 Å². The Labute approximate surface area is 141 Å². The molecule has 0 aromatic heterocycles. The molecule has 1 aromatic rings. The standard InChI is InChI=1S/C17H24N2O5/c1-3-5-6-11-23-14-9-7-13(8-10-14)16(21)24-12-15(20)19-17(22)18-4-2/h7-10H,3-6,11-12H2,1-2H3,(H2,18,19,20,22). The highest BCUT2D eigenvalue weighted by atomic mass is 16.5. The van der Waals surface area contributed by atoms with E-state index >= 15 is 0 Å². The zero-order valence-electron chi connectivity index (χ0n) is 14.1. The zero-order valence-corrected chi connectivity index (χ0v) is 14.1. The molecule has 0 atom stereocenters. The molecule has 0 aliphatic heterocycles. The van der Waals surface area contributed by atoms with E-state index in [0.29, 0.717) is 24.5 Å². The second kappa shape index (κ2) is 11.0. The first kappa shape index (κ1) is 19.5. The molecule has 0 aliphatic rings. The number of unbranched alkanes of at least 4 members (excludes halogenated alkanes) is 2. The Morgan fingerprint density at radius 1 is 1.04 bits per heavy atom. The summed E-state index contributed by atoms with van der Waals surface area (Å²) in [4.78, 5) is 34.4. The van der Waals surface area contributed by atoms with E-state index in [1.165, 1.54) is 0 Å². The van der Waals surface area contributed by atoms with Crippen molar-refractivity contribution in [2.75, 3.05) is 19.8 Å². The summed E-state index contributed by atoms with van der Waals surface area (Å²) in [5.41, 5.74) is 0.307. The third-order valence-corrected chi connectivity index (χ3v) is 3.03. The molecule has 0 saturated carbocycles. The van der Waals surface area contributed by atoms with Crippen LogP contribution in [0.3, 0.4) is 0 Å².